The Morgan fingerprint density at radius 3 is 2.48 bits per heavy atom. The van der Waals surface area contributed by atoms with Crippen molar-refractivity contribution in [1.29, 1.82) is 5.26 Å². The van der Waals surface area contributed by atoms with Crippen LogP contribution in [-0.4, -0.2) is 5.91 Å². The van der Waals surface area contributed by atoms with Crippen LogP contribution in [0.5, 0.6) is 5.75 Å². The van der Waals surface area contributed by atoms with E-state index in [4.69, 9.17) is 9.15 Å². The molecular weight excluding hydrogens is 408 g/mol. The van der Waals surface area contributed by atoms with Crippen LogP contribution in [0, 0.1) is 11.3 Å². The molecule has 0 saturated heterocycles. The molecule has 3 aromatic rings. The summed E-state index contributed by atoms with van der Waals surface area (Å²) in [7, 11) is 0. The monoisotopic (exact) mass is 422 g/mol. The number of ether oxygens (including phenoxy) is 1. The van der Waals surface area contributed by atoms with Gasteiger partial charge in [-0.25, -0.2) is 0 Å². The molecule has 0 radical (unpaired) electrons. The first kappa shape index (κ1) is 18.5. The standard InChI is InChI=1S/C21H15BrN2O3/c22-20-11-10-19(27-20)12-16(13-23)21(25)24-17-6-8-18(9-7-17)26-14-15-4-2-1-3-5-15/h1-12H,14H2,(H,24,25)/b16-12+. The van der Waals surface area contributed by atoms with E-state index < -0.39 is 5.91 Å². The molecule has 0 fully saturated rings. The molecule has 3 rings (SSSR count). The van der Waals surface area contributed by atoms with Gasteiger partial charge in [0, 0.05) is 11.8 Å². The number of carbonyl (C=O) groups is 1. The van der Waals surface area contributed by atoms with Gasteiger partial charge in [0.25, 0.3) is 5.91 Å². The number of rotatable bonds is 6. The molecule has 2 aromatic carbocycles. The van der Waals surface area contributed by atoms with Gasteiger partial charge in [0.15, 0.2) is 4.67 Å². The van der Waals surface area contributed by atoms with Crippen molar-refractivity contribution in [3.05, 3.63) is 88.3 Å². The van der Waals surface area contributed by atoms with Crippen molar-refractivity contribution in [3.8, 4) is 11.8 Å². The number of nitrogens with one attached hydrogen (secondary N) is 1. The van der Waals surface area contributed by atoms with Gasteiger partial charge < -0.3 is 14.5 Å². The number of hydrogen-bond acceptors (Lipinski definition) is 4. The highest BCUT2D eigenvalue weighted by Crippen LogP contribution is 2.19. The van der Waals surface area contributed by atoms with E-state index in [2.05, 4.69) is 21.2 Å². The molecular formula is C21H15BrN2O3. The van der Waals surface area contributed by atoms with Crippen LogP contribution in [0.15, 0.2) is 81.4 Å². The minimum atomic E-state index is -0.511. The Hall–Kier alpha value is -3.30. The Morgan fingerprint density at radius 1 is 1.11 bits per heavy atom. The van der Waals surface area contributed by atoms with E-state index in [0.717, 1.165) is 5.56 Å². The van der Waals surface area contributed by atoms with Gasteiger partial charge in [0.2, 0.25) is 0 Å². The number of furan rings is 1. The minimum absolute atomic E-state index is 0.0544. The maximum atomic E-state index is 12.3. The summed E-state index contributed by atoms with van der Waals surface area (Å²) in [6, 6.07) is 22.0. The summed E-state index contributed by atoms with van der Waals surface area (Å²) >= 11 is 3.18. The molecule has 5 nitrogen and oxygen atoms in total. The number of nitrogens with zero attached hydrogens (tertiary/aromatic N) is 1. The van der Waals surface area contributed by atoms with Crippen LogP contribution >= 0.6 is 15.9 Å². The van der Waals surface area contributed by atoms with Crippen molar-refractivity contribution >= 4 is 33.6 Å². The smallest absolute Gasteiger partial charge is 0.266 e. The molecule has 27 heavy (non-hydrogen) atoms. The van der Waals surface area contributed by atoms with E-state index in [9.17, 15) is 10.1 Å². The summed E-state index contributed by atoms with van der Waals surface area (Å²) < 4.78 is 11.5. The van der Waals surface area contributed by atoms with Crippen molar-refractivity contribution < 1.29 is 13.9 Å². The van der Waals surface area contributed by atoms with E-state index >= 15 is 0 Å². The fraction of sp³-hybridized carbons (Fsp3) is 0.0476. The average molecular weight is 423 g/mol. The first-order valence-corrected chi connectivity index (χ1v) is 8.88. The molecule has 0 saturated carbocycles. The highest BCUT2D eigenvalue weighted by atomic mass is 79.9. The zero-order valence-electron chi connectivity index (χ0n) is 14.2. The Bertz CT molecular complexity index is 986. The van der Waals surface area contributed by atoms with E-state index in [1.807, 2.05) is 36.4 Å². The van der Waals surface area contributed by atoms with E-state index in [1.165, 1.54) is 6.08 Å². The Kier molecular flexibility index (Phi) is 6.08. The number of amides is 1. The summed E-state index contributed by atoms with van der Waals surface area (Å²) in [6.45, 7) is 0.465. The second kappa shape index (κ2) is 8.88. The summed E-state index contributed by atoms with van der Waals surface area (Å²) in [4.78, 5) is 12.3. The number of benzene rings is 2. The highest BCUT2D eigenvalue weighted by Gasteiger charge is 2.11. The lowest BCUT2D eigenvalue weighted by molar-refractivity contribution is -0.112. The zero-order chi connectivity index (χ0) is 19.1. The first-order chi connectivity index (χ1) is 13.1. The lowest BCUT2D eigenvalue weighted by atomic mass is 10.2. The van der Waals surface area contributed by atoms with Gasteiger partial charge in [-0.15, -0.1) is 0 Å². The maximum Gasteiger partial charge on any atom is 0.266 e. The van der Waals surface area contributed by atoms with Crippen LogP contribution in [0.4, 0.5) is 5.69 Å². The van der Waals surface area contributed by atoms with Gasteiger partial charge in [0.05, 0.1) is 0 Å². The van der Waals surface area contributed by atoms with Crippen molar-refractivity contribution in [2.75, 3.05) is 5.32 Å². The van der Waals surface area contributed by atoms with Gasteiger partial charge in [-0.05, 0) is 57.9 Å². The Balaban J connectivity index is 1.61. The van der Waals surface area contributed by atoms with Crippen LogP contribution < -0.4 is 10.1 Å². The van der Waals surface area contributed by atoms with Gasteiger partial charge in [0.1, 0.15) is 29.8 Å². The van der Waals surface area contributed by atoms with Gasteiger partial charge in [-0.1, -0.05) is 30.3 Å². The first-order valence-electron chi connectivity index (χ1n) is 8.09. The Labute approximate surface area is 165 Å². The quantitative estimate of drug-likeness (QED) is 0.439. The molecule has 0 spiro atoms. The summed E-state index contributed by atoms with van der Waals surface area (Å²) in [5, 5.41) is 11.9. The number of nitriles is 1. The third-order valence-electron chi connectivity index (χ3n) is 3.61. The summed E-state index contributed by atoms with van der Waals surface area (Å²) in [5.41, 5.74) is 1.58. The topological polar surface area (TPSA) is 75.3 Å². The van der Waals surface area contributed by atoms with Crippen LogP contribution in [-0.2, 0) is 11.4 Å². The molecule has 0 unspecified atom stereocenters. The average Bonchev–Trinajstić information content (AvgIpc) is 3.11. The van der Waals surface area contributed by atoms with E-state index in [0.29, 0.717) is 28.5 Å². The van der Waals surface area contributed by atoms with Crippen LogP contribution in [0.2, 0.25) is 0 Å². The Morgan fingerprint density at radius 2 is 1.85 bits per heavy atom. The number of hydrogen-bond donors (Lipinski definition) is 1. The third-order valence-corrected chi connectivity index (χ3v) is 4.03. The molecule has 1 aromatic heterocycles. The zero-order valence-corrected chi connectivity index (χ0v) is 15.8. The second-order valence-corrected chi connectivity index (χ2v) is 6.35. The predicted molar refractivity (Wildman–Crippen MR) is 106 cm³/mol. The van der Waals surface area contributed by atoms with Crippen molar-refractivity contribution in [1.82, 2.24) is 0 Å². The van der Waals surface area contributed by atoms with Crippen LogP contribution in [0.1, 0.15) is 11.3 Å². The summed E-state index contributed by atoms with van der Waals surface area (Å²) in [5.74, 6) is 0.592. The van der Waals surface area contributed by atoms with Crippen molar-refractivity contribution in [2.45, 2.75) is 6.61 Å². The predicted octanol–water partition coefficient (Wildman–Crippen LogP) is 5.17. The molecule has 0 bridgehead atoms. The lowest BCUT2D eigenvalue weighted by Crippen LogP contribution is -2.13. The SMILES string of the molecule is N#C/C(=C\c1ccc(Br)o1)C(=O)Nc1ccc(OCc2ccccc2)cc1. The molecule has 1 N–H and O–H groups in total. The van der Waals surface area contributed by atoms with Crippen molar-refractivity contribution in [3.63, 3.8) is 0 Å². The molecule has 0 aliphatic heterocycles. The minimum Gasteiger partial charge on any atom is -0.489 e. The van der Waals surface area contributed by atoms with Crippen molar-refractivity contribution in [2.24, 2.45) is 0 Å². The van der Waals surface area contributed by atoms with Crippen LogP contribution in [0.3, 0.4) is 0 Å². The fourth-order valence-corrected chi connectivity index (χ4v) is 2.59. The molecule has 0 aliphatic rings. The lowest BCUT2D eigenvalue weighted by Gasteiger charge is -2.08. The van der Waals surface area contributed by atoms with Crippen LogP contribution in [0.25, 0.3) is 6.08 Å². The number of carbonyl (C=O) groups excluding carboxylic acids is 1. The van der Waals surface area contributed by atoms with Gasteiger partial charge in [-0.3, -0.25) is 4.79 Å². The molecule has 6 heteroatoms. The molecule has 0 atom stereocenters. The molecule has 1 amide bonds. The normalized spacial score (nSPS) is 10.9. The third kappa shape index (κ3) is 5.33. The largest absolute Gasteiger partial charge is 0.489 e. The number of anilines is 1. The second-order valence-electron chi connectivity index (χ2n) is 5.56. The van der Waals surface area contributed by atoms with E-state index in [-0.39, 0.29) is 5.57 Å². The van der Waals surface area contributed by atoms with Gasteiger partial charge >= 0.3 is 0 Å². The molecule has 1 heterocycles. The van der Waals surface area contributed by atoms with Gasteiger partial charge in [-0.2, -0.15) is 5.26 Å². The fourth-order valence-electron chi connectivity index (χ4n) is 2.27. The molecule has 134 valence electrons. The maximum absolute atomic E-state index is 12.3. The molecule has 0 aliphatic carbocycles. The summed E-state index contributed by atoms with van der Waals surface area (Å²) in [6.07, 6.45) is 1.39. The highest BCUT2D eigenvalue weighted by molar-refractivity contribution is 9.10. The van der Waals surface area contributed by atoms with E-state index in [1.54, 1.807) is 36.4 Å². The number of halogens is 1.